The topological polar surface area (TPSA) is 148 Å². The summed E-state index contributed by atoms with van der Waals surface area (Å²) in [6, 6.07) is 3.48. The molecule has 1 fully saturated rings. The lowest BCUT2D eigenvalue weighted by molar-refractivity contribution is -0.384. The maximum atomic E-state index is 11.3. The fourth-order valence-electron chi connectivity index (χ4n) is 2.40. The molecular formula is C13H19N5O5S. The number of hydrogen-bond acceptors (Lipinski definition) is 7. The Morgan fingerprint density at radius 1 is 1.42 bits per heavy atom. The van der Waals surface area contributed by atoms with Gasteiger partial charge in [-0.1, -0.05) is 0 Å². The molecule has 1 aromatic rings. The van der Waals surface area contributed by atoms with Gasteiger partial charge in [-0.3, -0.25) is 19.8 Å². The van der Waals surface area contributed by atoms with E-state index in [0.29, 0.717) is 32.6 Å². The van der Waals surface area contributed by atoms with Crippen LogP contribution in [-0.4, -0.2) is 56.9 Å². The zero-order valence-corrected chi connectivity index (χ0v) is 13.7. The molecule has 1 amide bonds. The molecule has 0 spiro atoms. The summed E-state index contributed by atoms with van der Waals surface area (Å²) in [5.41, 5.74) is -0.123. The Morgan fingerprint density at radius 2 is 2.17 bits per heavy atom. The van der Waals surface area contributed by atoms with Gasteiger partial charge in [0, 0.05) is 32.2 Å². The fourth-order valence-corrected chi connectivity index (χ4v) is 2.93. The highest BCUT2D eigenvalue weighted by Crippen LogP contribution is 2.27. The molecule has 1 saturated heterocycles. The Labute approximate surface area is 139 Å². The van der Waals surface area contributed by atoms with Gasteiger partial charge < -0.3 is 10.6 Å². The summed E-state index contributed by atoms with van der Waals surface area (Å²) < 4.78 is 22.6. The number of amides is 1. The molecule has 4 N–H and O–H groups in total. The SMILES string of the molecule is NS(=O)(=O)c1ccc(NCCCN2CCNC(=O)C2)c([N+](=O)[O-])c1. The minimum atomic E-state index is -4.00. The summed E-state index contributed by atoms with van der Waals surface area (Å²) in [5.74, 6) is -0.0107. The second kappa shape index (κ2) is 7.55. The van der Waals surface area contributed by atoms with Crippen molar-refractivity contribution in [3.63, 3.8) is 0 Å². The van der Waals surface area contributed by atoms with Crippen LogP contribution in [0.1, 0.15) is 6.42 Å². The minimum absolute atomic E-state index is 0.0107. The lowest BCUT2D eigenvalue weighted by atomic mass is 10.2. The zero-order valence-electron chi connectivity index (χ0n) is 12.9. The molecule has 0 saturated carbocycles. The van der Waals surface area contributed by atoms with Crippen molar-refractivity contribution in [3.05, 3.63) is 28.3 Å². The van der Waals surface area contributed by atoms with Crippen molar-refractivity contribution < 1.29 is 18.1 Å². The molecule has 0 radical (unpaired) electrons. The van der Waals surface area contributed by atoms with Gasteiger partial charge in [-0.25, -0.2) is 13.6 Å². The van der Waals surface area contributed by atoms with Gasteiger partial charge in [0.05, 0.1) is 16.4 Å². The number of anilines is 1. The van der Waals surface area contributed by atoms with Gasteiger partial charge in [-0.2, -0.15) is 0 Å². The summed E-state index contributed by atoms with van der Waals surface area (Å²) in [7, 11) is -4.00. The molecule has 0 unspecified atom stereocenters. The number of rotatable bonds is 7. The zero-order chi connectivity index (χ0) is 17.7. The van der Waals surface area contributed by atoms with Crippen molar-refractivity contribution in [2.75, 3.05) is 38.0 Å². The number of carbonyl (C=O) groups is 1. The number of nitro groups is 1. The molecule has 1 aliphatic rings. The van der Waals surface area contributed by atoms with Crippen LogP contribution in [0.15, 0.2) is 23.1 Å². The van der Waals surface area contributed by atoms with E-state index in [4.69, 9.17) is 5.14 Å². The van der Waals surface area contributed by atoms with Gasteiger partial charge in [0.1, 0.15) is 5.69 Å². The molecule has 0 aromatic heterocycles. The van der Waals surface area contributed by atoms with Crippen LogP contribution in [0, 0.1) is 10.1 Å². The lowest BCUT2D eigenvalue weighted by Gasteiger charge is -2.26. The van der Waals surface area contributed by atoms with Gasteiger partial charge >= 0.3 is 0 Å². The highest BCUT2D eigenvalue weighted by molar-refractivity contribution is 7.89. The van der Waals surface area contributed by atoms with Crippen LogP contribution in [0.25, 0.3) is 0 Å². The number of sulfonamides is 1. The summed E-state index contributed by atoms with van der Waals surface area (Å²) in [6.07, 6.45) is 0.682. The molecule has 10 nitrogen and oxygen atoms in total. The highest BCUT2D eigenvalue weighted by Gasteiger charge is 2.19. The Balaban J connectivity index is 1.94. The normalized spacial score (nSPS) is 15.8. The van der Waals surface area contributed by atoms with Crippen LogP contribution in [0.5, 0.6) is 0 Å². The van der Waals surface area contributed by atoms with E-state index in [0.717, 1.165) is 12.6 Å². The number of carbonyl (C=O) groups excluding carboxylic acids is 1. The summed E-state index contributed by atoms with van der Waals surface area (Å²) in [4.78, 5) is 23.4. The third-order valence-corrected chi connectivity index (χ3v) is 4.49. The summed E-state index contributed by atoms with van der Waals surface area (Å²) in [5, 5.41) is 21.7. The predicted octanol–water partition coefficient (Wildman–Crippen LogP) is -0.524. The van der Waals surface area contributed by atoms with E-state index in [2.05, 4.69) is 10.6 Å². The van der Waals surface area contributed by atoms with Crippen molar-refractivity contribution >= 4 is 27.3 Å². The van der Waals surface area contributed by atoms with E-state index in [1.165, 1.54) is 12.1 Å². The first kappa shape index (κ1) is 18.1. The van der Waals surface area contributed by atoms with Crippen molar-refractivity contribution in [3.8, 4) is 0 Å². The number of nitrogens with zero attached hydrogens (tertiary/aromatic N) is 2. The van der Waals surface area contributed by atoms with Crippen LogP contribution in [0.3, 0.4) is 0 Å². The lowest BCUT2D eigenvalue weighted by Crippen LogP contribution is -2.47. The highest BCUT2D eigenvalue weighted by atomic mass is 32.2. The van der Waals surface area contributed by atoms with Crippen molar-refractivity contribution in [1.29, 1.82) is 0 Å². The summed E-state index contributed by atoms with van der Waals surface area (Å²) in [6.45, 7) is 2.88. The van der Waals surface area contributed by atoms with Gasteiger partial charge in [-0.15, -0.1) is 0 Å². The number of primary sulfonamides is 1. The Bertz CT molecular complexity index is 736. The molecule has 1 heterocycles. The monoisotopic (exact) mass is 357 g/mol. The van der Waals surface area contributed by atoms with E-state index in [1.54, 1.807) is 0 Å². The maximum absolute atomic E-state index is 11.3. The molecule has 1 aromatic carbocycles. The molecule has 2 rings (SSSR count). The molecule has 1 aliphatic heterocycles. The Hall–Kier alpha value is -2.24. The predicted molar refractivity (Wildman–Crippen MR) is 87.0 cm³/mol. The van der Waals surface area contributed by atoms with Gasteiger partial charge in [0.25, 0.3) is 5.69 Å². The fraction of sp³-hybridized carbons (Fsp3) is 0.462. The standard InChI is InChI=1S/C13H19N5O5S/c14-24(22,23)10-2-3-11(12(8-10)18(20)21)15-4-1-6-17-7-5-16-13(19)9-17/h2-3,8,15H,1,4-7,9H2,(H,16,19)(H2,14,22,23). The molecule has 0 bridgehead atoms. The number of nitrogens with one attached hydrogen (secondary N) is 2. The number of nitro benzene ring substituents is 1. The van der Waals surface area contributed by atoms with E-state index >= 15 is 0 Å². The van der Waals surface area contributed by atoms with Gasteiger partial charge in [-0.05, 0) is 18.6 Å². The maximum Gasteiger partial charge on any atom is 0.293 e. The largest absolute Gasteiger partial charge is 0.379 e. The van der Waals surface area contributed by atoms with Crippen molar-refractivity contribution in [2.24, 2.45) is 5.14 Å². The van der Waals surface area contributed by atoms with E-state index < -0.39 is 14.9 Å². The van der Waals surface area contributed by atoms with E-state index in [9.17, 15) is 23.3 Å². The van der Waals surface area contributed by atoms with Crippen LogP contribution in [0.4, 0.5) is 11.4 Å². The van der Waals surface area contributed by atoms with Gasteiger partial charge in [0.2, 0.25) is 15.9 Å². The molecule has 11 heteroatoms. The third-order valence-electron chi connectivity index (χ3n) is 3.58. The molecule has 0 atom stereocenters. The van der Waals surface area contributed by atoms with Crippen LogP contribution in [-0.2, 0) is 14.8 Å². The Kier molecular flexibility index (Phi) is 5.70. The second-order valence-corrected chi connectivity index (χ2v) is 6.95. The molecular weight excluding hydrogens is 338 g/mol. The molecule has 24 heavy (non-hydrogen) atoms. The first-order valence-electron chi connectivity index (χ1n) is 7.31. The van der Waals surface area contributed by atoms with Crippen LogP contribution in [0.2, 0.25) is 0 Å². The van der Waals surface area contributed by atoms with Crippen molar-refractivity contribution in [1.82, 2.24) is 10.2 Å². The number of nitrogens with two attached hydrogens (primary N) is 1. The summed E-state index contributed by atoms with van der Waals surface area (Å²) >= 11 is 0. The van der Waals surface area contributed by atoms with E-state index in [-0.39, 0.29) is 22.2 Å². The molecule has 0 aliphatic carbocycles. The number of benzene rings is 1. The Morgan fingerprint density at radius 3 is 2.79 bits per heavy atom. The average Bonchev–Trinajstić information content (AvgIpc) is 2.50. The van der Waals surface area contributed by atoms with Gasteiger partial charge in [0.15, 0.2) is 0 Å². The average molecular weight is 357 g/mol. The third kappa shape index (κ3) is 4.88. The quantitative estimate of drug-likeness (QED) is 0.338. The smallest absolute Gasteiger partial charge is 0.293 e. The van der Waals surface area contributed by atoms with Crippen LogP contribution < -0.4 is 15.8 Å². The first-order valence-corrected chi connectivity index (χ1v) is 8.86. The number of piperazine rings is 1. The minimum Gasteiger partial charge on any atom is -0.379 e. The van der Waals surface area contributed by atoms with Crippen molar-refractivity contribution in [2.45, 2.75) is 11.3 Å². The van der Waals surface area contributed by atoms with E-state index in [1.807, 2.05) is 4.90 Å². The van der Waals surface area contributed by atoms with Crippen LogP contribution >= 0.6 is 0 Å². The number of hydrogen-bond donors (Lipinski definition) is 3. The molecule has 132 valence electrons. The first-order chi connectivity index (χ1) is 11.3. The second-order valence-electron chi connectivity index (χ2n) is 5.39.